The highest BCUT2D eigenvalue weighted by Crippen LogP contribution is 2.28. The third kappa shape index (κ3) is 4.40. The first-order valence-corrected chi connectivity index (χ1v) is 10.3. The number of fused-ring (bicyclic) bond motifs is 1. The predicted molar refractivity (Wildman–Crippen MR) is 129 cm³/mol. The summed E-state index contributed by atoms with van der Waals surface area (Å²) in [6, 6.07) is 18.7. The molecule has 0 fully saturated rings. The zero-order valence-electron chi connectivity index (χ0n) is 17.9. The summed E-state index contributed by atoms with van der Waals surface area (Å²) < 4.78 is 10.5. The number of thiocarbonyl (C=S) groups is 1. The van der Waals surface area contributed by atoms with Crippen molar-refractivity contribution in [2.75, 3.05) is 19.5 Å². The molecule has 8 heteroatoms. The van der Waals surface area contributed by atoms with Crippen molar-refractivity contribution in [3.05, 3.63) is 71.8 Å². The van der Waals surface area contributed by atoms with Gasteiger partial charge < -0.3 is 19.8 Å². The van der Waals surface area contributed by atoms with E-state index < -0.39 is 0 Å². The first-order valence-electron chi connectivity index (χ1n) is 9.88. The van der Waals surface area contributed by atoms with Gasteiger partial charge in [0, 0.05) is 16.8 Å². The molecule has 3 aromatic carbocycles. The summed E-state index contributed by atoms with van der Waals surface area (Å²) in [4.78, 5) is 20.6. The summed E-state index contributed by atoms with van der Waals surface area (Å²) in [7, 11) is 3.06. The quantitative estimate of drug-likeness (QED) is 0.386. The largest absolute Gasteiger partial charge is 0.493 e. The SMILES string of the molecule is COc1ccc(C(=O)NC(=S)Nc2cc(-c3nc4ccccc4[nH]3)ccc2C)cc1OC. The number of H-pyrrole nitrogens is 1. The van der Waals surface area contributed by atoms with E-state index in [1.165, 1.54) is 7.11 Å². The Hall–Kier alpha value is -3.91. The number of nitrogens with zero attached hydrogens (tertiary/aromatic N) is 1. The van der Waals surface area contributed by atoms with Crippen LogP contribution in [0.2, 0.25) is 0 Å². The number of carbonyl (C=O) groups excluding carboxylic acids is 1. The molecular formula is C24H22N4O3S. The third-order valence-electron chi connectivity index (χ3n) is 5.02. The number of aromatic amines is 1. The van der Waals surface area contributed by atoms with E-state index in [1.807, 2.05) is 49.4 Å². The molecule has 1 amide bonds. The van der Waals surface area contributed by atoms with Crippen LogP contribution >= 0.6 is 12.2 Å². The van der Waals surface area contributed by atoms with Crippen molar-refractivity contribution < 1.29 is 14.3 Å². The molecule has 0 saturated heterocycles. The number of hydrogen-bond acceptors (Lipinski definition) is 5. The Bertz CT molecular complexity index is 1280. The number of benzene rings is 3. The molecule has 32 heavy (non-hydrogen) atoms. The second kappa shape index (κ2) is 9.07. The maximum Gasteiger partial charge on any atom is 0.257 e. The van der Waals surface area contributed by atoms with Crippen molar-refractivity contribution in [3.8, 4) is 22.9 Å². The highest BCUT2D eigenvalue weighted by atomic mass is 32.1. The lowest BCUT2D eigenvalue weighted by molar-refractivity contribution is 0.0977. The zero-order chi connectivity index (χ0) is 22.7. The molecule has 4 rings (SSSR count). The molecule has 0 radical (unpaired) electrons. The molecule has 162 valence electrons. The minimum atomic E-state index is -0.352. The maximum absolute atomic E-state index is 12.6. The van der Waals surface area contributed by atoms with Crippen LogP contribution in [-0.2, 0) is 0 Å². The smallest absolute Gasteiger partial charge is 0.257 e. The fraction of sp³-hybridized carbons (Fsp3) is 0.125. The molecule has 7 nitrogen and oxygen atoms in total. The number of aromatic nitrogens is 2. The molecule has 0 aliphatic heterocycles. The number of methoxy groups -OCH3 is 2. The maximum atomic E-state index is 12.6. The van der Waals surface area contributed by atoms with E-state index >= 15 is 0 Å². The van der Waals surface area contributed by atoms with Crippen molar-refractivity contribution >= 4 is 40.0 Å². The standard InChI is InChI=1S/C24H22N4O3S/c1-14-8-9-15(22-25-17-6-4-5-7-18(17)26-22)12-19(14)27-24(32)28-23(29)16-10-11-20(30-2)21(13-16)31-3/h4-13H,1-3H3,(H,25,26)(H2,27,28,29,32). The lowest BCUT2D eigenvalue weighted by Crippen LogP contribution is -2.34. The topological polar surface area (TPSA) is 88.3 Å². The molecule has 0 unspecified atom stereocenters. The van der Waals surface area contributed by atoms with Gasteiger partial charge in [0.05, 0.1) is 25.3 Å². The van der Waals surface area contributed by atoms with Crippen LogP contribution in [-0.4, -0.2) is 35.2 Å². The molecule has 0 atom stereocenters. The van der Waals surface area contributed by atoms with Gasteiger partial charge in [-0.2, -0.15) is 0 Å². The van der Waals surface area contributed by atoms with Crippen LogP contribution in [0.5, 0.6) is 11.5 Å². The number of amides is 1. The third-order valence-corrected chi connectivity index (χ3v) is 5.23. The van der Waals surface area contributed by atoms with Crippen LogP contribution in [0.3, 0.4) is 0 Å². The average Bonchev–Trinajstić information content (AvgIpc) is 3.24. The number of ether oxygens (including phenoxy) is 2. The Morgan fingerprint density at radius 2 is 1.78 bits per heavy atom. The number of hydrogen-bond donors (Lipinski definition) is 3. The summed E-state index contributed by atoms with van der Waals surface area (Å²) in [6.45, 7) is 1.96. The van der Waals surface area contributed by atoms with Gasteiger partial charge in [-0.25, -0.2) is 4.98 Å². The zero-order valence-corrected chi connectivity index (χ0v) is 18.7. The molecule has 0 spiro atoms. The number of para-hydroxylation sites is 2. The molecule has 0 aliphatic carbocycles. The molecule has 3 N–H and O–H groups in total. The van der Waals surface area contributed by atoms with Crippen molar-refractivity contribution in [1.29, 1.82) is 0 Å². The Labute approximate surface area is 190 Å². The number of rotatable bonds is 5. The lowest BCUT2D eigenvalue weighted by atomic mass is 10.1. The molecule has 0 aliphatic rings. The number of aryl methyl sites for hydroxylation is 1. The summed E-state index contributed by atoms with van der Waals surface area (Å²) in [5.74, 6) is 1.42. The van der Waals surface area contributed by atoms with E-state index in [-0.39, 0.29) is 11.0 Å². The van der Waals surface area contributed by atoms with Gasteiger partial charge in [0.2, 0.25) is 0 Å². The molecule has 0 saturated carbocycles. The van der Waals surface area contributed by atoms with Gasteiger partial charge >= 0.3 is 0 Å². The van der Waals surface area contributed by atoms with Crippen molar-refractivity contribution in [3.63, 3.8) is 0 Å². The second-order valence-corrected chi connectivity index (χ2v) is 7.52. The van der Waals surface area contributed by atoms with Gasteiger partial charge in [-0.1, -0.05) is 24.3 Å². The van der Waals surface area contributed by atoms with E-state index in [1.54, 1.807) is 25.3 Å². The molecule has 0 bridgehead atoms. The second-order valence-electron chi connectivity index (χ2n) is 7.11. The fourth-order valence-electron chi connectivity index (χ4n) is 3.30. The average molecular weight is 447 g/mol. The van der Waals surface area contributed by atoms with Gasteiger partial charge in [-0.05, 0) is 61.1 Å². The van der Waals surface area contributed by atoms with E-state index in [0.29, 0.717) is 17.1 Å². The summed E-state index contributed by atoms with van der Waals surface area (Å²) >= 11 is 5.37. The molecular weight excluding hydrogens is 424 g/mol. The van der Waals surface area contributed by atoms with Crippen LogP contribution < -0.4 is 20.1 Å². The highest BCUT2D eigenvalue weighted by Gasteiger charge is 2.13. The Morgan fingerprint density at radius 3 is 2.53 bits per heavy atom. The van der Waals surface area contributed by atoms with Crippen LogP contribution in [0, 0.1) is 6.92 Å². The van der Waals surface area contributed by atoms with Gasteiger partial charge in [0.25, 0.3) is 5.91 Å². The molecule has 1 heterocycles. The minimum absolute atomic E-state index is 0.189. The van der Waals surface area contributed by atoms with Gasteiger partial charge in [0.1, 0.15) is 5.82 Å². The number of carbonyl (C=O) groups is 1. The van der Waals surface area contributed by atoms with Gasteiger partial charge in [-0.3, -0.25) is 10.1 Å². The first kappa shape index (κ1) is 21.3. The number of imidazole rings is 1. The van der Waals surface area contributed by atoms with Crippen molar-refractivity contribution in [2.24, 2.45) is 0 Å². The van der Waals surface area contributed by atoms with E-state index in [0.717, 1.165) is 33.7 Å². The number of nitrogens with one attached hydrogen (secondary N) is 3. The fourth-order valence-corrected chi connectivity index (χ4v) is 3.50. The van der Waals surface area contributed by atoms with E-state index in [9.17, 15) is 4.79 Å². The van der Waals surface area contributed by atoms with Crippen molar-refractivity contribution in [1.82, 2.24) is 15.3 Å². The van der Waals surface area contributed by atoms with Crippen LogP contribution in [0.4, 0.5) is 5.69 Å². The highest BCUT2D eigenvalue weighted by molar-refractivity contribution is 7.80. The van der Waals surface area contributed by atoms with Crippen LogP contribution in [0.1, 0.15) is 15.9 Å². The van der Waals surface area contributed by atoms with E-state index in [4.69, 9.17) is 21.7 Å². The van der Waals surface area contributed by atoms with Crippen LogP contribution in [0.25, 0.3) is 22.4 Å². The Balaban J connectivity index is 1.50. The molecule has 1 aromatic heterocycles. The summed E-state index contributed by atoms with van der Waals surface area (Å²) in [5, 5.41) is 6.00. The Morgan fingerprint density at radius 1 is 1.00 bits per heavy atom. The van der Waals surface area contributed by atoms with E-state index in [2.05, 4.69) is 20.6 Å². The first-order chi connectivity index (χ1) is 15.5. The van der Waals surface area contributed by atoms with Crippen molar-refractivity contribution in [2.45, 2.75) is 6.92 Å². The molecule has 4 aromatic rings. The predicted octanol–water partition coefficient (Wildman–Crippen LogP) is 4.68. The lowest BCUT2D eigenvalue weighted by Gasteiger charge is -2.14. The van der Waals surface area contributed by atoms with Gasteiger partial charge in [-0.15, -0.1) is 0 Å². The summed E-state index contributed by atoms with van der Waals surface area (Å²) in [6.07, 6.45) is 0. The number of anilines is 1. The summed E-state index contributed by atoms with van der Waals surface area (Å²) in [5.41, 5.74) is 4.93. The Kier molecular flexibility index (Phi) is 6.04. The monoisotopic (exact) mass is 446 g/mol. The van der Waals surface area contributed by atoms with Crippen LogP contribution in [0.15, 0.2) is 60.7 Å². The van der Waals surface area contributed by atoms with Gasteiger partial charge in [0.15, 0.2) is 16.6 Å². The minimum Gasteiger partial charge on any atom is -0.493 e. The normalized spacial score (nSPS) is 10.6.